The summed E-state index contributed by atoms with van der Waals surface area (Å²) in [6.45, 7) is 6.33. The van der Waals surface area contributed by atoms with Gasteiger partial charge >= 0.3 is 5.97 Å². The summed E-state index contributed by atoms with van der Waals surface area (Å²) in [4.78, 5) is 37.5. The number of carboxylic acid groups (broad SMARTS) is 1. The minimum atomic E-state index is -1.21. The third-order valence-corrected chi connectivity index (χ3v) is 4.03. The largest absolute Gasteiger partial charge is 0.478 e. The number of benzene rings is 1. The maximum absolute atomic E-state index is 13.9. The van der Waals surface area contributed by atoms with Crippen LogP contribution in [0.4, 0.5) is 10.1 Å². The van der Waals surface area contributed by atoms with Gasteiger partial charge in [0.15, 0.2) is 0 Å². The summed E-state index contributed by atoms with van der Waals surface area (Å²) in [5.41, 5.74) is -0.508. The second-order valence-electron chi connectivity index (χ2n) is 7.47. The Morgan fingerprint density at radius 3 is 2.60 bits per heavy atom. The van der Waals surface area contributed by atoms with Crippen molar-refractivity contribution in [2.45, 2.75) is 46.1 Å². The molecule has 1 atom stereocenters. The normalized spacial score (nSPS) is 17.4. The molecule has 25 heavy (non-hydrogen) atoms. The van der Waals surface area contributed by atoms with Gasteiger partial charge in [-0.1, -0.05) is 20.8 Å². The lowest BCUT2D eigenvalue weighted by molar-refractivity contribution is -0.138. The molecule has 1 saturated heterocycles. The molecule has 0 saturated carbocycles. The van der Waals surface area contributed by atoms with E-state index >= 15 is 0 Å². The second kappa shape index (κ2) is 7.21. The Balaban J connectivity index is 2.13. The summed E-state index contributed by atoms with van der Waals surface area (Å²) in [6, 6.07) is 2.53. The van der Waals surface area contributed by atoms with Crippen molar-refractivity contribution in [2.24, 2.45) is 5.41 Å². The van der Waals surface area contributed by atoms with Crippen molar-refractivity contribution in [1.29, 1.82) is 0 Å². The molecule has 1 aromatic rings. The van der Waals surface area contributed by atoms with Crippen molar-refractivity contribution in [3.05, 3.63) is 29.6 Å². The number of hydrogen-bond acceptors (Lipinski definition) is 3. The number of carbonyl (C=O) groups is 3. The molecule has 1 fully saturated rings. The molecule has 2 amide bonds. The van der Waals surface area contributed by atoms with Crippen LogP contribution in [0.25, 0.3) is 0 Å². The van der Waals surface area contributed by atoms with Crippen molar-refractivity contribution in [1.82, 2.24) is 4.90 Å². The van der Waals surface area contributed by atoms with Crippen molar-refractivity contribution in [3.63, 3.8) is 0 Å². The molecule has 0 aliphatic carbocycles. The first-order valence-corrected chi connectivity index (χ1v) is 8.22. The van der Waals surface area contributed by atoms with Crippen LogP contribution in [0.5, 0.6) is 0 Å². The fourth-order valence-electron chi connectivity index (χ4n) is 2.86. The van der Waals surface area contributed by atoms with E-state index in [-0.39, 0.29) is 22.6 Å². The zero-order valence-corrected chi connectivity index (χ0v) is 14.6. The first-order valence-electron chi connectivity index (χ1n) is 8.22. The number of amides is 2. The lowest BCUT2D eigenvalue weighted by Gasteiger charge is -2.27. The van der Waals surface area contributed by atoms with E-state index in [0.29, 0.717) is 25.8 Å². The molecule has 6 nitrogen and oxygen atoms in total. The van der Waals surface area contributed by atoms with Crippen molar-refractivity contribution in [2.75, 3.05) is 11.9 Å². The molecule has 0 aromatic heterocycles. The van der Waals surface area contributed by atoms with E-state index in [0.717, 1.165) is 18.2 Å². The van der Waals surface area contributed by atoms with Gasteiger partial charge in [-0.3, -0.25) is 9.59 Å². The number of likely N-dealkylation sites (tertiary alicyclic amines) is 1. The third-order valence-electron chi connectivity index (χ3n) is 4.03. The van der Waals surface area contributed by atoms with Gasteiger partial charge in [0.2, 0.25) is 11.8 Å². The van der Waals surface area contributed by atoms with Gasteiger partial charge in [-0.15, -0.1) is 0 Å². The molecule has 0 spiro atoms. The highest BCUT2D eigenvalue weighted by atomic mass is 19.1. The summed E-state index contributed by atoms with van der Waals surface area (Å²) in [6.07, 6.45) is 1.52. The molecular weight excluding hydrogens is 327 g/mol. The fourth-order valence-corrected chi connectivity index (χ4v) is 2.86. The molecular formula is C18H23FN2O4. The van der Waals surface area contributed by atoms with Gasteiger partial charge in [-0.25, -0.2) is 9.18 Å². The molecule has 7 heteroatoms. The number of halogens is 1. The molecule has 136 valence electrons. The average molecular weight is 350 g/mol. The number of anilines is 1. The minimum absolute atomic E-state index is 0.107. The minimum Gasteiger partial charge on any atom is -0.478 e. The Morgan fingerprint density at radius 1 is 1.32 bits per heavy atom. The smallest absolute Gasteiger partial charge is 0.335 e. The van der Waals surface area contributed by atoms with Gasteiger partial charge in [0, 0.05) is 13.0 Å². The molecule has 1 aliphatic heterocycles. The first kappa shape index (κ1) is 18.9. The van der Waals surface area contributed by atoms with Crippen LogP contribution >= 0.6 is 0 Å². The van der Waals surface area contributed by atoms with E-state index < -0.39 is 23.7 Å². The van der Waals surface area contributed by atoms with Crippen LogP contribution in [0.3, 0.4) is 0 Å². The zero-order chi connectivity index (χ0) is 18.8. The van der Waals surface area contributed by atoms with Crippen LogP contribution in [0, 0.1) is 11.2 Å². The number of nitrogens with zero attached hydrogens (tertiary/aromatic N) is 1. The van der Waals surface area contributed by atoms with E-state index in [4.69, 9.17) is 5.11 Å². The quantitative estimate of drug-likeness (QED) is 0.874. The summed E-state index contributed by atoms with van der Waals surface area (Å²) >= 11 is 0. The van der Waals surface area contributed by atoms with E-state index in [1.165, 1.54) is 4.90 Å². The number of hydrogen-bond donors (Lipinski definition) is 2. The Kier molecular flexibility index (Phi) is 5.45. The first-order chi connectivity index (χ1) is 11.6. The summed E-state index contributed by atoms with van der Waals surface area (Å²) in [5, 5.41) is 11.4. The number of carbonyl (C=O) groups excluding carboxylic acids is 2. The van der Waals surface area contributed by atoms with Crippen molar-refractivity contribution < 1.29 is 23.9 Å². The standard InChI is InChI=1S/C18H23FN2O4/c1-18(2,3)10-15(22)21-8-4-5-14(21)16(23)20-13-9-11(17(24)25)6-7-12(13)19/h6-7,9,14H,4-5,8,10H2,1-3H3,(H,20,23)(H,24,25). The monoisotopic (exact) mass is 350 g/mol. The molecule has 1 heterocycles. The van der Waals surface area contributed by atoms with E-state index in [2.05, 4.69) is 5.32 Å². The van der Waals surface area contributed by atoms with Gasteiger partial charge in [0.1, 0.15) is 11.9 Å². The highest BCUT2D eigenvalue weighted by molar-refractivity contribution is 5.98. The Morgan fingerprint density at radius 2 is 2.00 bits per heavy atom. The van der Waals surface area contributed by atoms with Crippen LogP contribution in [-0.4, -0.2) is 40.4 Å². The lowest BCUT2D eigenvalue weighted by Crippen LogP contribution is -2.44. The molecule has 2 N–H and O–H groups in total. The maximum atomic E-state index is 13.9. The molecule has 1 aromatic carbocycles. The predicted octanol–water partition coefficient (Wildman–Crippen LogP) is 2.89. The van der Waals surface area contributed by atoms with Crippen LogP contribution in [0.1, 0.15) is 50.4 Å². The average Bonchev–Trinajstić information content (AvgIpc) is 2.97. The summed E-state index contributed by atoms with van der Waals surface area (Å²) in [5.74, 6) is -2.53. The molecule has 0 bridgehead atoms. The van der Waals surface area contributed by atoms with Gasteiger partial charge < -0.3 is 15.3 Å². The van der Waals surface area contributed by atoms with Crippen LogP contribution < -0.4 is 5.32 Å². The summed E-state index contributed by atoms with van der Waals surface area (Å²) < 4.78 is 13.9. The van der Waals surface area contributed by atoms with E-state index in [1.54, 1.807) is 0 Å². The predicted molar refractivity (Wildman–Crippen MR) is 90.8 cm³/mol. The van der Waals surface area contributed by atoms with Gasteiger partial charge in [0.05, 0.1) is 11.3 Å². The summed E-state index contributed by atoms with van der Waals surface area (Å²) in [7, 11) is 0. The van der Waals surface area contributed by atoms with Crippen molar-refractivity contribution in [3.8, 4) is 0 Å². The fraction of sp³-hybridized carbons (Fsp3) is 0.500. The van der Waals surface area contributed by atoms with Crippen molar-refractivity contribution >= 4 is 23.5 Å². The number of nitrogens with one attached hydrogen (secondary N) is 1. The lowest BCUT2D eigenvalue weighted by atomic mass is 9.91. The second-order valence-corrected chi connectivity index (χ2v) is 7.47. The zero-order valence-electron chi connectivity index (χ0n) is 14.6. The van der Waals surface area contributed by atoms with Gasteiger partial charge in [0.25, 0.3) is 0 Å². The Labute approximate surface area is 146 Å². The maximum Gasteiger partial charge on any atom is 0.335 e. The molecule has 2 rings (SSSR count). The van der Waals surface area contributed by atoms with Crippen LogP contribution in [0.2, 0.25) is 0 Å². The van der Waals surface area contributed by atoms with E-state index in [1.807, 2.05) is 20.8 Å². The number of rotatable bonds is 4. The third kappa shape index (κ3) is 4.78. The Bertz CT molecular complexity index is 697. The number of aromatic carboxylic acids is 1. The SMILES string of the molecule is CC(C)(C)CC(=O)N1CCCC1C(=O)Nc1cc(C(=O)O)ccc1F. The Hall–Kier alpha value is -2.44. The molecule has 1 unspecified atom stereocenters. The van der Waals surface area contributed by atoms with E-state index in [9.17, 15) is 18.8 Å². The molecule has 1 aliphatic rings. The highest BCUT2D eigenvalue weighted by Crippen LogP contribution is 2.26. The topological polar surface area (TPSA) is 86.7 Å². The van der Waals surface area contributed by atoms with Gasteiger partial charge in [-0.05, 0) is 36.5 Å². The molecule has 0 radical (unpaired) electrons. The highest BCUT2D eigenvalue weighted by Gasteiger charge is 2.35. The van der Waals surface area contributed by atoms with Crippen LogP contribution in [-0.2, 0) is 9.59 Å². The number of carboxylic acids is 1. The van der Waals surface area contributed by atoms with Crippen LogP contribution in [0.15, 0.2) is 18.2 Å². The van der Waals surface area contributed by atoms with Gasteiger partial charge in [-0.2, -0.15) is 0 Å².